The SMILES string of the molecule is CNc1nc(OCCO)nc(N(C)C)n1. The van der Waals surface area contributed by atoms with E-state index in [0.29, 0.717) is 11.9 Å². The second kappa shape index (κ2) is 5.30. The van der Waals surface area contributed by atoms with E-state index in [0.717, 1.165) is 0 Å². The maximum Gasteiger partial charge on any atom is 0.323 e. The molecular formula is C8H15N5O2. The second-order valence-corrected chi connectivity index (χ2v) is 2.96. The quantitative estimate of drug-likeness (QED) is 0.672. The summed E-state index contributed by atoms with van der Waals surface area (Å²) in [5.41, 5.74) is 0. The number of aliphatic hydroxyl groups excluding tert-OH is 1. The lowest BCUT2D eigenvalue weighted by molar-refractivity contribution is 0.191. The standard InChI is InChI=1S/C8H15N5O2/c1-9-6-10-7(13(2)3)12-8(11-6)15-5-4-14/h14H,4-5H2,1-3H3,(H,9,10,11,12). The molecule has 2 N–H and O–H groups in total. The molecule has 0 radical (unpaired) electrons. The van der Waals surface area contributed by atoms with Crippen molar-refractivity contribution < 1.29 is 9.84 Å². The molecule has 7 heteroatoms. The Morgan fingerprint density at radius 3 is 2.60 bits per heavy atom. The number of hydrogen-bond acceptors (Lipinski definition) is 7. The van der Waals surface area contributed by atoms with E-state index in [-0.39, 0.29) is 19.2 Å². The molecule has 0 aliphatic heterocycles. The molecule has 1 rings (SSSR count). The molecule has 0 unspecified atom stereocenters. The van der Waals surface area contributed by atoms with Crippen LogP contribution in [0.25, 0.3) is 0 Å². The Bertz CT molecular complexity index is 318. The van der Waals surface area contributed by atoms with Gasteiger partial charge in [0.2, 0.25) is 11.9 Å². The van der Waals surface area contributed by atoms with Gasteiger partial charge in [-0.05, 0) is 0 Å². The predicted octanol–water partition coefficient (Wildman–Crippen LogP) is -0.650. The molecule has 0 bridgehead atoms. The summed E-state index contributed by atoms with van der Waals surface area (Å²) in [7, 11) is 5.36. The van der Waals surface area contributed by atoms with Gasteiger partial charge < -0.3 is 20.1 Å². The molecule has 84 valence electrons. The number of aromatic nitrogens is 3. The van der Waals surface area contributed by atoms with Gasteiger partial charge in [0, 0.05) is 21.1 Å². The average Bonchev–Trinajstić information content (AvgIpc) is 2.25. The molecule has 7 nitrogen and oxygen atoms in total. The van der Waals surface area contributed by atoms with Crippen molar-refractivity contribution in [3.8, 4) is 6.01 Å². The topological polar surface area (TPSA) is 83.4 Å². The van der Waals surface area contributed by atoms with Crippen LogP contribution in [0.2, 0.25) is 0 Å². The van der Waals surface area contributed by atoms with Gasteiger partial charge in [0.1, 0.15) is 6.61 Å². The van der Waals surface area contributed by atoms with Crippen LogP contribution < -0.4 is 15.0 Å². The van der Waals surface area contributed by atoms with Crippen LogP contribution in [0.3, 0.4) is 0 Å². The molecule has 0 aliphatic carbocycles. The number of rotatable bonds is 5. The first-order valence-electron chi connectivity index (χ1n) is 4.52. The van der Waals surface area contributed by atoms with Gasteiger partial charge in [-0.1, -0.05) is 0 Å². The fourth-order valence-corrected chi connectivity index (χ4v) is 0.859. The molecular weight excluding hydrogens is 198 g/mol. The number of hydrogen-bond donors (Lipinski definition) is 2. The van der Waals surface area contributed by atoms with E-state index in [1.165, 1.54) is 0 Å². The minimum Gasteiger partial charge on any atom is -0.461 e. The predicted molar refractivity (Wildman–Crippen MR) is 56.3 cm³/mol. The summed E-state index contributed by atoms with van der Waals surface area (Å²) in [5, 5.41) is 11.4. The van der Waals surface area contributed by atoms with Gasteiger partial charge in [-0.3, -0.25) is 0 Å². The van der Waals surface area contributed by atoms with Crippen LogP contribution in [-0.4, -0.2) is 54.4 Å². The summed E-state index contributed by atoms with van der Waals surface area (Å²) in [4.78, 5) is 13.9. The first-order chi connectivity index (χ1) is 7.17. The minimum absolute atomic E-state index is 0.0716. The molecule has 0 amide bonds. The molecule has 1 aromatic heterocycles. The van der Waals surface area contributed by atoms with Crippen LogP contribution in [0.4, 0.5) is 11.9 Å². The van der Waals surface area contributed by atoms with Gasteiger partial charge in [0.25, 0.3) is 0 Å². The highest BCUT2D eigenvalue weighted by Crippen LogP contribution is 2.12. The van der Waals surface area contributed by atoms with E-state index in [1.54, 1.807) is 11.9 Å². The number of nitrogens with zero attached hydrogens (tertiary/aromatic N) is 4. The van der Waals surface area contributed by atoms with Crippen LogP contribution in [-0.2, 0) is 0 Å². The zero-order chi connectivity index (χ0) is 11.3. The lowest BCUT2D eigenvalue weighted by Gasteiger charge is -2.12. The van der Waals surface area contributed by atoms with E-state index in [2.05, 4.69) is 20.3 Å². The van der Waals surface area contributed by atoms with Gasteiger partial charge in [-0.25, -0.2) is 0 Å². The lowest BCUT2D eigenvalue weighted by Crippen LogP contribution is -2.16. The fourth-order valence-electron chi connectivity index (χ4n) is 0.859. The number of anilines is 2. The summed E-state index contributed by atoms with van der Waals surface area (Å²) in [5.74, 6) is 0.934. The van der Waals surface area contributed by atoms with Crippen molar-refractivity contribution in [1.29, 1.82) is 0 Å². The molecule has 0 spiro atoms. The first-order valence-corrected chi connectivity index (χ1v) is 4.52. The number of nitrogens with one attached hydrogen (secondary N) is 1. The highest BCUT2D eigenvalue weighted by Gasteiger charge is 2.07. The van der Waals surface area contributed by atoms with Crippen LogP contribution in [0.15, 0.2) is 0 Å². The summed E-state index contributed by atoms with van der Waals surface area (Å²) in [6, 6.07) is 0.201. The normalized spacial score (nSPS) is 9.87. The van der Waals surface area contributed by atoms with E-state index in [9.17, 15) is 0 Å². The van der Waals surface area contributed by atoms with Crippen LogP contribution in [0.5, 0.6) is 6.01 Å². The smallest absolute Gasteiger partial charge is 0.323 e. The number of ether oxygens (including phenoxy) is 1. The van der Waals surface area contributed by atoms with Gasteiger partial charge in [-0.2, -0.15) is 15.0 Å². The third kappa shape index (κ3) is 3.21. The third-order valence-electron chi connectivity index (χ3n) is 1.55. The van der Waals surface area contributed by atoms with Crippen molar-refractivity contribution in [2.45, 2.75) is 0 Å². The number of aliphatic hydroxyl groups is 1. The van der Waals surface area contributed by atoms with Gasteiger partial charge >= 0.3 is 6.01 Å². The summed E-state index contributed by atoms with van der Waals surface area (Å²) >= 11 is 0. The summed E-state index contributed by atoms with van der Waals surface area (Å²) < 4.78 is 5.11. The molecule has 0 aliphatic rings. The lowest BCUT2D eigenvalue weighted by atomic mass is 10.7. The molecule has 0 atom stereocenters. The highest BCUT2D eigenvalue weighted by atomic mass is 16.5. The Balaban J connectivity index is 2.90. The minimum atomic E-state index is -0.0716. The van der Waals surface area contributed by atoms with Gasteiger partial charge in [0.15, 0.2) is 0 Å². The maximum absolute atomic E-state index is 8.61. The Morgan fingerprint density at radius 2 is 2.07 bits per heavy atom. The summed E-state index contributed by atoms with van der Waals surface area (Å²) in [6.07, 6.45) is 0. The van der Waals surface area contributed by atoms with Crippen molar-refractivity contribution in [1.82, 2.24) is 15.0 Å². The second-order valence-electron chi connectivity index (χ2n) is 2.96. The monoisotopic (exact) mass is 213 g/mol. The van der Waals surface area contributed by atoms with Crippen molar-refractivity contribution in [2.24, 2.45) is 0 Å². The van der Waals surface area contributed by atoms with Crippen molar-refractivity contribution in [2.75, 3.05) is 44.6 Å². The molecule has 15 heavy (non-hydrogen) atoms. The fraction of sp³-hybridized carbons (Fsp3) is 0.625. The maximum atomic E-state index is 8.61. The van der Waals surface area contributed by atoms with Crippen LogP contribution in [0, 0.1) is 0 Å². The van der Waals surface area contributed by atoms with Crippen LogP contribution in [0.1, 0.15) is 0 Å². The first kappa shape index (κ1) is 11.4. The molecule has 1 aromatic rings. The van der Waals surface area contributed by atoms with E-state index in [1.807, 2.05) is 14.1 Å². The zero-order valence-corrected chi connectivity index (χ0v) is 9.06. The molecule has 0 fully saturated rings. The zero-order valence-electron chi connectivity index (χ0n) is 9.06. The van der Waals surface area contributed by atoms with Crippen molar-refractivity contribution >= 4 is 11.9 Å². The highest BCUT2D eigenvalue weighted by molar-refractivity contribution is 5.36. The van der Waals surface area contributed by atoms with Crippen LogP contribution >= 0.6 is 0 Å². The Kier molecular flexibility index (Phi) is 4.04. The Labute approximate surface area is 88.1 Å². The Morgan fingerprint density at radius 1 is 1.33 bits per heavy atom. The average molecular weight is 213 g/mol. The molecule has 0 saturated heterocycles. The summed E-state index contributed by atoms with van der Waals surface area (Å²) in [6.45, 7) is 0.0951. The molecule has 0 aromatic carbocycles. The van der Waals surface area contributed by atoms with Gasteiger partial charge in [-0.15, -0.1) is 0 Å². The van der Waals surface area contributed by atoms with Crippen molar-refractivity contribution in [3.63, 3.8) is 0 Å². The van der Waals surface area contributed by atoms with E-state index < -0.39 is 0 Å². The van der Waals surface area contributed by atoms with E-state index >= 15 is 0 Å². The largest absolute Gasteiger partial charge is 0.461 e. The van der Waals surface area contributed by atoms with Gasteiger partial charge in [0.05, 0.1) is 6.61 Å². The van der Waals surface area contributed by atoms with Crippen molar-refractivity contribution in [3.05, 3.63) is 0 Å². The Hall–Kier alpha value is -1.63. The third-order valence-corrected chi connectivity index (χ3v) is 1.55. The molecule has 0 saturated carbocycles. The molecule has 1 heterocycles. The van der Waals surface area contributed by atoms with E-state index in [4.69, 9.17) is 9.84 Å².